The van der Waals surface area contributed by atoms with Gasteiger partial charge in [0.05, 0.1) is 18.3 Å². The molecule has 3 rings (SSSR count). The zero-order chi connectivity index (χ0) is 18.9. The Morgan fingerprint density at radius 2 is 2.08 bits per heavy atom. The second kappa shape index (κ2) is 7.34. The van der Waals surface area contributed by atoms with Crippen molar-refractivity contribution in [2.24, 2.45) is 0 Å². The maximum atomic E-state index is 13.0. The number of sulfonamides is 1. The number of carbonyl (C=O) groups is 1. The van der Waals surface area contributed by atoms with Crippen LogP contribution >= 0.6 is 0 Å². The molecule has 142 valence electrons. The number of H-pyrrole nitrogens is 1. The maximum Gasteiger partial charge on any atom is 0.245 e. The molecule has 26 heavy (non-hydrogen) atoms. The van der Waals surface area contributed by atoms with E-state index in [1.165, 1.54) is 7.05 Å². The van der Waals surface area contributed by atoms with Crippen LogP contribution in [0.3, 0.4) is 0 Å². The number of likely N-dealkylation sites (tertiary alicyclic amines) is 1. The van der Waals surface area contributed by atoms with E-state index in [0.29, 0.717) is 5.52 Å². The first-order chi connectivity index (χ1) is 12.3. The third kappa shape index (κ3) is 3.89. The molecule has 0 unspecified atom stereocenters. The van der Waals surface area contributed by atoms with E-state index in [2.05, 4.69) is 27.5 Å². The summed E-state index contributed by atoms with van der Waals surface area (Å²) < 4.78 is 27.0. The second-order valence-corrected chi connectivity index (χ2v) is 9.02. The Morgan fingerprint density at radius 1 is 1.38 bits per heavy atom. The maximum absolute atomic E-state index is 13.0. The third-order valence-electron chi connectivity index (χ3n) is 4.80. The molecule has 2 heterocycles. The Labute approximate surface area is 153 Å². The van der Waals surface area contributed by atoms with Crippen LogP contribution < -0.4 is 5.32 Å². The van der Waals surface area contributed by atoms with Crippen LogP contribution in [0.15, 0.2) is 23.2 Å². The van der Waals surface area contributed by atoms with E-state index >= 15 is 0 Å². The van der Waals surface area contributed by atoms with E-state index in [1.54, 1.807) is 12.3 Å². The fraction of sp³-hybridized carbons (Fsp3) is 0.529. The number of nitrogens with one attached hydrogen (secondary N) is 2. The van der Waals surface area contributed by atoms with Gasteiger partial charge in [0.15, 0.2) is 0 Å². The third-order valence-corrected chi connectivity index (χ3v) is 6.62. The lowest BCUT2D eigenvalue weighted by Crippen LogP contribution is -2.47. The summed E-state index contributed by atoms with van der Waals surface area (Å²) in [7, 11) is -0.333. The minimum Gasteiger partial charge on any atom is -0.352 e. The quantitative estimate of drug-likeness (QED) is 0.797. The number of hydrogen-bond acceptors (Lipinski definition) is 5. The SMILES string of the molecule is Cc1cc(S(=O)(=O)N(C)CC(=O)NC2CCN(C)CC2)c2[nH]ncc2c1. The summed E-state index contributed by atoms with van der Waals surface area (Å²) in [4.78, 5) is 14.7. The van der Waals surface area contributed by atoms with Crippen molar-refractivity contribution in [3.63, 3.8) is 0 Å². The van der Waals surface area contributed by atoms with Crippen LogP contribution in [0.4, 0.5) is 0 Å². The first-order valence-electron chi connectivity index (χ1n) is 8.65. The normalized spacial score (nSPS) is 17.1. The number of nitrogens with zero attached hydrogens (tertiary/aromatic N) is 3. The zero-order valence-electron chi connectivity index (χ0n) is 15.3. The van der Waals surface area contributed by atoms with Gasteiger partial charge in [0.2, 0.25) is 15.9 Å². The van der Waals surface area contributed by atoms with Crippen LogP contribution in [0.2, 0.25) is 0 Å². The lowest BCUT2D eigenvalue weighted by Gasteiger charge is -2.30. The van der Waals surface area contributed by atoms with Gasteiger partial charge in [0.25, 0.3) is 0 Å². The average Bonchev–Trinajstić information content (AvgIpc) is 3.04. The molecule has 1 aliphatic heterocycles. The number of aromatic nitrogens is 2. The number of piperidine rings is 1. The predicted octanol–water partition coefficient (Wildman–Crippen LogP) is 0.702. The highest BCUT2D eigenvalue weighted by molar-refractivity contribution is 7.89. The topological polar surface area (TPSA) is 98.4 Å². The van der Waals surface area contributed by atoms with E-state index in [-0.39, 0.29) is 23.4 Å². The molecule has 1 saturated heterocycles. The molecule has 1 aromatic heterocycles. The molecule has 1 aromatic carbocycles. The monoisotopic (exact) mass is 379 g/mol. The van der Waals surface area contributed by atoms with Crippen molar-refractivity contribution >= 4 is 26.8 Å². The number of likely N-dealkylation sites (N-methyl/N-ethyl adjacent to an activating group) is 1. The molecule has 1 amide bonds. The highest BCUT2D eigenvalue weighted by Crippen LogP contribution is 2.25. The number of benzene rings is 1. The van der Waals surface area contributed by atoms with Crippen molar-refractivity contribution in [2.75, 3.05) is 33.7 Å². The number of amides is 1. The Bertz CT molecular complexity index is 900. The van der Waals surface area contributed by atoms with Gasteiger partial charge in [-0.1, -0.05) is 0 Å². The molecule has 0 aliphatic carbocycles. The van der Waals surface area contributed by atoms with E-state index in [1.807, 2.05) is 13.0 Å². The van der Waals surface area contributed by atoms with Crippen LogP contribution in [0.25, 0.3) is 10.9 Å². The van der Waals surface area contributed by atoms with Crippen molar-refractivity contribution in [2.45, 2.75) is 30.7 Å². The number of hydrogen-bond donors (Lipinski definition) is 2. The summed E-state index contributed by atoms with van der Waals surface area (Å²) >= 11 is 0. The zero-order valence-corrected chi connectivity index (χ0v) is 16.1. The largest absolute Gasteiger partial charge is 0.352 e. The highest BCUT2D eigenvalue weighted by Gasteiger charge is 2.27. The number of fused-ring (bicyclic) bond motifs is 1. The number of aromatic amines is 1. The van der Waals surface area contributed by atoms with Crippen LogP contribution in [-0.2, 0) is 14.8 Å². The first-order valence-corrected chi connectivity index (χ1v) is 10.1. The van der Waals surface area contributed by atoms with Gasteiger partial charge in [-0.3, -0.25) is 9.89 Å². The number of aryl methyl sites for hydroxylation is 1. The molecule has 8 nitrogen and oxygen atoms in total. The fourth-order valence-corrected chi connectivity index (χ4v) is 4.63. The number of carbonyl (C=O) groups excluding carboxylic acids is 1. The summed E-state index contributed by atoms with van der Waals surface area (Å²) in [5.74, 6) is -0.279. The molecular weight excluding hydrogens is 354 g/mol. The van der Waals surface area contributed by atoms with E-state index in [0.717, 1.165) is 41.2 Å². The predicted molar refractivity (Wildman–Crippen MR) is 99.3 cm³/mol. The van der Waals surface area contributed by atoms with Crippen LogP contribution in [0.1, 0.15) is 18.4 Å². The Kier molecular flexibility index (Phi) is 5.31. The van der Waals surface area contributed by atoms with Crippen LogP contribution in [0, 0.1) is 6.92 Å². The summed E-state index contributed by atoms with van der Waals surface area (Å²) in [5.41, 5.74) is 1.28. The standard InChI is InChI=1S/C17H25N5O3S/c1-12-8-13-10-18-20-17(13)15(9-12)26(24,25)22(3)11-16(23)19-14-4-6-21(2)7-5-14/h8-10,14H,4-7,11H2,1-3H3,(H,18,20)(H,19,23). The van der Waals surface area contributed by atoms with E-state index in [9.17, 15) is 13.2 Å². The molecular formula is C17H25N5O3S. The van der Waals surface area contributed by atoms with Gasteiger partial charge >= 0.3 is 0 Å². The van der Waals surface area contributed by atoms with Crippen molar-refractivity contribution < 1.29 is 13.2 Å². The van der Waals surface area contributed by atoms with E-state index in [4.69, 9.17) is 0 Å². The smallest absolute Gasteiger partial charge is 0.245 e. The molecule has 0 saturated carbocycles. The molecule has 0 radical (unpaired) electrons. The van der Waals surface area contributed by atoms with Gasteiger partial charge in [-0.2, -0.15) is 9.40 Å². The lowest BCUT2D eigenvalue weighted by atomic mass is 10.1. The second-order valence-electron chi connectivity index (χ2n) is 7.00. The van der Waals surface area contributed by atoms with Gasteiger partial charge in [0, 0.05) is 18.5 Å². The molecule has 0 bridgehead atoms. The van der Waals surface area contributed by atoms with Gasteiger partial charge in [0.1, 0.15) is 4.90 Å². The molecule has 0 spiro atoms. The Morgan fingerprint density at radius 3 is 2.77 bits per heavy atom. The van der Waals surface area contributed by atoms with Gasteiger partial charge in [-0.15, -0.1) is 0 Å². The first kappa shape index (κ1) is 18.8. The minimum atomic E-state index is -3.81. The number of rotatable bonds is 5. The molecule has 2 aromatic rings. The van der Waals surface area contributed by atoms with E-state index < -0.39 is 10.0 Å². The lowest BCUT2D eigenvalue weighted by molar-refractivity contribution is -0.122. The van der Waals surface area contributed by atoms with Gasteiger partial charge in [-0.05, 0) is 57.6 Å². The molecule has 9 heteroatoms. The summed E-state index contributed by atoms with van der Waals surface area (Å²) in [6, 6.07) is 3.57. The minimum absolute atomic E-state index is 0.105. The van der Waals surface area contributed by atoms with Crippen molar-refractivity contribution in [1.82, 2.24) is 24.7 Å². The van der Waals surface area contributed by atoms with Gasteiger partial charge in [-0.25, -0.2) is 8.42 Å². The fourth-order valence-electron chi connectivity index (χ4n) is 3.25. The van der Waals surface area contributed by atoms with Crippen molar-refractivity contribution in [3.05, 3.63) is 23.9 Å². The summed E-state index contributed by atoms with van der Waals surface area (Å²) in [5, 5.41) is 10.3. The molecule has 1 fully saturated rings. The Hall–Kier alpha value is -1.97. The highest BCUT2D eigenvalue weighted by atomic mass is 32.2. The Balaban J connectivity index is 1.72. The van der Waals surface area contributed by atoms with Crippen molar-refractivity contribution in [1.29, 1.82) is 0 Å². The summed E-state index contributed by atoms with van der Waals surface area (Å²) in [6.07, 6.45) is 3.35. The molecule has 1 aliphatic rings. The van der Waals surface area contributed by atoms with Gasteiger partial charge < -0.3 is 10.2 Å². The molecule has 0 atom stereocenters. The average molecular weight is 379 g/mol. The molecule has 2 N–H and O–H groups in total. The van der Waals surface area contributed by atoms with Crippen LogP contribution in [0.5, 0.6) is 0 Å². The van der Waals surface area contributed by atoms with Crippen LogP contribution in [-0.4, -0.2) is 73.5 Å². The van der Waals surface area contributed by atoms with Crippen molar-refractivity contribution in [3.8, 4) is 0 Å². The summed E-state index contributed by atoms with van der Waals surface area (Å²) in [6.45, 7) is 3.48.